The van der Waals surface area contributed by atoms with Gasteiger partial charge in [0.05, 0.1) is 12.9 Å². The van der Waals surface area contributed by atoms with Crippen molar-refractivity contribution in [3.8, 4) is 0 Å². The number of rotatable bonds is 17. The minimum absolute atomic E-state index is 0.0808. The van der Waals surface area contributed by atoms with Gasteiger partial charge in [-0.1, -0.05) is 34.1 Å². The molecular weight excluding hydrogens is 598 g/mol. The minimum Gasteiger partial charge on any atom is -0.368 e. The lowest BCUT2D eigenvalue weighted by atomic mass is 9.97. The van der Waals surface area contributed by atoms with Crippen molar-refractivity contribution in [3.63, 3.8) is 0 Å². The average molecular weight is 648 g/mol. The van der Waals surface area contributed by atoms with Crippen LogP contribution in [0.2, 0.25) is 0 Å². The van der Waals surface area contributed by atoms with Crippen molar-refractivity contribution < 1.29 is 33.6 Å². The summed E-state index contributed by atoms with van der Waals surface area (Å²) in [5.74, 6) is -4.01. The fourth-order valence-electron chi connectivity index (χ4n) is 4.91. The van der Waals surface area contributed by atoms with Crippen molar-refractivity contribution in [2.75, 3.05) is 13.1 Å². The lowest BCUT2D eigenvalue weighted by Gasteiger charge is -2.29. The first-order chi connectivity index (χ1) is 21.6. The third-order valence-electron chi connectivity index (χ3n) is 7.84. The van der Waals surface area contributed by atoms with Gasteiger partial charge in [0.25, 0.3) is 0 Å². The second-order valence-corrected chi connectivity index (χ2v) is 12.2. The molecule has 1 aliphatic heterocycles. The molecule has 16 nitrogen and oxygen atoms in total. The van der Waals surface area contributed by atoms with Crippen LogP contribution < -0.4 is 32.3 Å². The van der Waals surface area contributed by atoms with Gasteiger partial charge >= 0.3 is 0 Å². The topological polar surface area (TPSA) is 238 Å². The molecule has 8 N–H and O–H groups in total. The highest BCUT2D eigenvalue weighted by molar-refractivity contribution is 5.96. The molecule has 7 amide bonds. The summed E-state index contributed by atoms with van der Waals surface area (Å²) in [6, 6.07) is -4.74. The molecule has 0 saturated carbocycles. The van der Waals surface area contributed by atoms with Crippen LogP contribution >= 0.6 is 0 Å². The van der Waals surface area contributed by atoms with E-state index in [0.29, 0.717) is 25.0 Å². The number of H-pyrrole nitrogens is 1. The number of hydrogen-bond donors (Lipinski definition) is 7. The van der Waals surface area contributed by atoms with E-state index < -0.39 is 72.2 Å². The van der Waals surface area contributed by atoms with Crippen LogP contribution in [-0.2, 0) is 40.0 Å². The van der Waals surface area contributed by atoms with Gasteiger partial charge in [-0.25, -0.2) is 4.98 Å². The van der Waals surface area contributed by atoms with E-state index in [1.807, 2.05) is 20.8 Å². The van der Waals surface area contributed by atoms with Crippen LogP contribution in [0, 0.1) is 11.8 Å². The third kappa shape index (κ3) is 11.5. The van der Waals surface area contributed by atoms with E-state index in [-0.39, 0.29) is 37.1 Å². The fourth-order valence-corrected chi connectivity index (χ4v) is 4.91. The van der Waals surface area contributed by atoms with E-state index >= 15 is 0 Å². The maximum atomic E-state index is 13.2. The Balaban J connectivity index is 1.98. The molecule has 6 atom stereocenters. The molecule has 0 bridgehead atoms. The van der Waals surface area contributed by atoms with E-state index in [1.165, 1.54) is 31.3 Å². The Morgan fingerprint density at radius 2 is 1.63 bits per heavy atom. The number of imidazole rings is 1. The lowest BCUT2D eigenvalue weighted by molar-refractivity contribution is -0.140. The maximum Gasteiger partial charge on any atom is 0.243 e. The van der Waals surface area contributed by atoms with Gasteiger partial charge in [0.15, 0.2) is 0 Å². The highest BCUT2D eigenvalue weighted by Crippen LogP contribution is 2.19. The molecule has 1 aromatic heterocycles. The largest absolute Gasteiger partial charge is 0.368 e. The van der Waals surface area contributed by atoms with Gasteiger partial charge < -0.3 is 42.2 Å². The van der Waals surface area contributed by atoms with Crippen molar-refractivity contribution in [1.82, 2.24) is 41.5 Å². The summed E-state index contributed by atoms with van der Waals surface area (Å²) in [5.41, 5.74) is 5.87. The Morgan fingerprint density at radius 1 is 0.957 bits per heavy atom. The molecule has 2 heterocycles. The zero-order valence-corrected chi connectivity index (χ0v) is 27.5. The van der Waals surface area contributed by atoms with Crippen molar-refractivity contribution >= 4 is 41.4 Å². The molecule has 46 heavy (non-hydrogen) atoms. The number of nitrogens with zero attached hydrogens (tertiary/aromatic N) is 2. The van der Waals surface area contributed by atoms with Gasteiger partial charge in [-0.2, -0.15) is 0 Å². The molecule has 1 aromatic rings. The van der Waals surface area contributed by atoms with Crippen molar-refractivity contribution in [2.24, 2.45) is 17.6 Å². The number of likely N-dealkylation sites (tertiary alicyclic amines) is 1. The number of carbonyl (C=O) groups is 7. The molecule has 1 saturated heterocycles. The van der Waals surface area contributed by atoms with Crippen molar-refractivity contribution in [1.29, 1.82) is 0 Å². The second kappa shape index (κ2) is 17.8. The van der Waals surface area contributed by atoms with Crippen LogP contribution in [0.3, 0.4) is 0 Å². The Kier molecular flexibility index (Phi) is 14.6. The van der Waals surface area contributed by atoms with Crippen LogP contribution in [0.25, 0.3) is 0 Å². The summed E-state index contributed by atoms with van der Waals surface area (Å²) in [7, 11) is 0. The molecule has 1 fully saturated rings. The van der Waals surface area contributed by atoms with Crippen LogP contribution in [0.15, 0.2) is 12.5 Å². The first-order valence-corrected chi connectivity index (χ1v) is 15.7. The molecule has 0 radical (unpaired) electrons. The Labute approximate surface area is 269 Å². The average Bonchev–Trinajstić information content (AvgIpc) is 3.69. The molecule has 0 spiro atoms. The molecule has 0 aliphatic carbocycles. The molecule has 1 aliphatic rings. The number of aromatic nitrogens is 2. The normalized spacial score (nSPS) is 17.6. The van der Waals surface area contributed by atoms with Gasteiger partial charge in [-0.15, -0.1) is 0 Å². The number of nitrogens with two attached hydrogens (primary N) is 1. The standard InChI is InChI=1S/C30H49N9O7/c1-7-17(4)25(30(46)35-18(5)26(31)42)38-29(45)22-9-8-10-39(22)24(41)14-33-27(43)19(6)36-28(44)21(12-20-13-32-15-34-20)37-23(40)11-16(2)3/h13,15-19,21-22,25H,7-12,14H2,1-6H3,(H2,31,42)(H,32,34)(H,33,43)(H,35,46)(H,36,44)(H,37,40)(H,38,45)/t17-,18+,19-,21-,22-,25-/m0/s1. The summed E-state index contributed by atoms with van der Waals surface area (Å²) in [5, 5.41) is 13.0. The summed E-state index contributed by atoms with van der Waals surface area (Å²) >= 11 is 0. The van der Waals surface area contributed by atoms with Crippen molar-refractivity contribution in [2.45, 2.75) is 104 Å². The van der Waals surface area contributed by atoms with E-state index in [9.17, 15) is 33.6 Å². The number of hydrogen-bond acceptors (Lipinski definition) is 8. The number of nitrogens with one attached hydrogen (secondary N) is 6. The van der Waals surface area contributed by atoms with Crippen molar-refractivity contribution in [3.05, 3.63) is 18.2 Å². The SMILES string of the molecule is CC[C@H](C)[C@H](NC(=O)[C@@H]1CCCN1C(=O)CNC(=O)[C@H](C)NC(=O)[C@H](Cc1cnc[nH]1)NC(=O)CC(C)C)C(=O)N[C@H](C)C(N)=O. The van der Waals surface area contributed by atoms with Crippen LogP contribution in [0.1, 0.15) is 72.9 Å². The quantitative estimate of drug-likeness (QED) is 0.106. The summed E-state index contributed by atoms with van der Waals surface area (Å²) < 4.78 is 0. The first kappa shape index (κ1) is 37.7. The maximum absolute atomic E-state index is 13.2. The monoisotopic (exact) mass is 647 g/mol. The summed E-state index contributed by atoms with van der Waals surface area (Å²) in [4.78, 5) is 97.0. The number of carbonyl (C=O) groups excluding carboxylic acids is 7. The fraction of sp³-hybridized carbons (Fsp3) is 0.667. The molecule has 256 valence electrons. The van der Waals surface area contributed by atoms with E-state index in [4.69, 9.17) is 5.73 Å². The lowest BCUT2D eigenvalue weighted by Crippen LogP contribution is -2.58. The Morgan fingerprint density at radius 3 is 2.22 bits per heavy atom. The van der Waals surface area contributed by atoms with Crippen LogP contribution in [0.5, 0.6) is 0 Å². The van der Waals surface area contributed by atoms with Crippen LogP contribution in [-0.4, -0.2) is 99.5 Å². The predicted molar refractivity (Wildman–Crippen MR) is 167 cm³/mol. The first-order valence-electron chi connectivity index (χ1n) is 15.7. The zero-order valence-electron chi connectivity index (χ0n) is 27.5. The summed E-state index contributed by atoms with van der Waals surface area (Å²) in [6.45, 7) is 10.2. The van der Waals surface area contributed by atoms with Gasteiger partial charge in [-0.05, 0) is 38.5 Å². The van der Waals surface area contributed by atoms with Gasteiger partial charge in [0.2, 0.25) is 41.4 Å². The Hall–Kier alpha value is -4.50. The van der Waals surface area contributed by atoms with Crippen LogP contribution in [0.4, 0.5) is 0 Å². The minimum atomic E-state index is -1.04. The zero-order chi connectivity index (χ0) is 34.6. The van der Waals surface area contributed by atoms with E-state index in [2.05, 4.69) is 36.6 Å². The Bertz CT molecular complexity index is 1240. The highest BCUT2D eigenvalue weighted by Gasteiger charge is 2.37. The number of primary amides is 1. The van der Waals surface area contributed by atoms with Gasteiger partial charge in [-0.3, -0.25) is 33.6 Å². The molecule has 0 aromatic carbocycles. The number of amides is 7. The molecule has 16 heteroatoms. The number of aromatic amines is 1. The predicted octanol–water partition coefficient (Wildman–Crippen LogP) is -1.38. The van der Waals surface area contributed by atoms with Gasteiger partial charge in [0, 0.05) is 31.3 Å². The second-order valence-electron chi connectivity index (χ2n) is 12.2. The van der Waals surface area contributed by atoms with E-state index in [1.54, 1.807) is 6.92 Å². The highest BCUT2D eigenvalue weighted by atomic mass is 16.2. The van der Waals surface area contributed by atoms with Gasteiger partial charge in [0.1, 0.15) is 30.2 Å². The smallest absolute Gasteiger partial charge is 0.243 e. The third-order valence-corrected chi connectivity index (χ3v) is 7.84. The molecular formula is C30H49N9O7. The molecule has 2 rings (SSSR count). The summed E-state index contributed by atoms with van der Waals surface area (Å²) in [6.07, 6.45) is 4.81. The molecule has 0 unspecified atom stereocenters. The van der Waals surface area contributed by atoms with E-state index in [0.717, 1.165) is 0 Å².